The SMILES string of the molecule is NCOCc1ncccc1CO. The van der Waals surface area contributed by atoms with Crippen molar-refractivity contribution < 1.29 is 9.84 Å². The summed E-state index contributed by atoms with van der Waals surface area (Å²) < 4.78 is 4.97. The maximum absolute atomic E-state index is 8.89. The number of aliphatic hydroxyl groups is 1. The third-order valence-electron chi connectivity index (χ3n) is 1.51. The molecule has 1 heterocycles. The van der Waals surface area contributed by atoms with Crippen LogP contribution in [-0.4, -0.2) is 16.8 Å². The summed E-state index contributed by atoms with van der Waals surface area (Å²) in [4.78, 5) is 4.05. The number of aromatic nitrogens is 1. The molecule has 0 atom stereocenters. The Hall–Kier alpha value is -0.970. The smallest absolute Gasteiger partial charge is 0.0945 e. The van der Waals surface area contributed by atoms with Crippen molar-refractivity contribution in [3.05, 3.63) is 29.6 Å². The van der Waals surface area contributed by atoms with Gasteiger partial charge in [0.15, 0.2) is 0 Å². The highest BCUT2D eigenvalue weighted by Gasteiger charge is 2.00. The highest BCUT2D eigenvalue weighted by molar-refractivity contribution is 5.17. The Morgan fingerprint density at radius 1 is 1.58 bits per heavy atom. The zero-order chi connectivity index (χ0) is 8.81. The first-order valence-electron chi connectivity index (χ1n) is 3.70. The molecule has 0 amide bonds. The Kier molecular flexibility index (Phi) is 3.66. The molecule has 0 radical (unpaired) electrons. The van der Waals surface area contributed by atoms with Crippen molar-refractivity contribution in [2.24, 2.45) is 5.73 Å². The van der Waals surface area contributed by atoms with Crippen molar-refractivity contribution in [3.8, 4) is 0 Å². The molecule has 0 saturated heterocycles. The zero-order valence-corrected chi connectivity index (χ0v) is 6.73. The standard InChI is InChI=1S/C8H12N2O2/c9-6-12-5-8-7(4-11)2-1-3-10-8/h1-3,11H,4-6,9H2. The van der Waals surface area contributed by atoms with Gasteiger partial charge in [-0.3, -0.25) is 4.98 Å². The number of pyridine rings is 1. The molecular weight excluding hydrogens is 156 g/mol. The monoisotopic (exact) mass is 168 g/mol. The zero-order valence-electron chi connectivity index (χ0n) is 6.73. The van der Waals surface area contributed by atoms with E-state index in [1.165, 1.54) is 0 Å². The number of rotatable bonds is 4. The molecule has 0 aliphatic heterocycles. The summed E-state index contributed by atoms with van der Waals surface area (Å²) in [6, 6.07) is 3.58. The van der Waals surface area contributed by atoms with E-state index in [1.807, 2.05) is 6.07 Å². The highest BCUT2D eigenvalue weighted by atomic mass is 16.5. The van der Waals surface area contributed by atoms with Gasteiger partial charge in [0, 0.05) is 11.8 Å². The third kappa shape index (κ3) is 2.27. The van der Waals surface area contributed by atoms with Crippen LogP contribution in [-0.2, 0) is 18.0 Å². The van der Waals surface area contributed by atoms with Crippen molar-refractivity contribution in [1.82, 2.24) is 4.98 Å². The number of hydrogen-bond donors (Lipinski definition) is 2. The fourth-order valence-corrected chi connectivity index (χ4v) is 0.901. The van der Waals surface area contributed by atoms with E-state index in [9.17, 15) is 0 Å². The van der Waals surface area contributed by atoms with Gasteiger partial charge in [0.05, 0.1) is 25.6 Å². The van der Waals surface area contributed by atoms with Crippen LogP contribution in [0.25, 0.3) is 0 Å². The van der Waals surface area contributed by atoms with Crippen LogP contribution < -0.4 is 5.73 Å². The Labute approximate surface area is 71.0 Å². The molecule has 4 nitrogen and oxygen atoms in total. The lowest BCUT2D eigenvalue weighted by molar-refractivity contribution is 0.123. The van der Waals surface area contributed by atoms with E-state index in [2.05, 4.69) is 4.98 Å². The Balaban J connectivity index is 2.68. The molecule has 3 N–H and O–H groups in total. The third-order valence-corrected chi connectivity index (χ3v) is 1.51. The Morgan fingerprint density at radius 2 is 2.42 bits per heavy atom. The fourth-order valence-electron chi connectivity index (χ4n) is 0.901. The maximum Gasteiger partial charge on any atom is 0.0945 e. The summed E-state index contributed by atoms with van der Waals surface area (Å²) >= 11 is 0. The minimum atomic E-state index is -0.0168. The van der Waals surface area contributed by atoms with Gasteiger partial charge >= 0.3 is 0 Å². The van der Waals surface area contributed by atoms with Gasteiger partial charge in [-0.05, 0) is 6.07 Å². The molecule has 0 aromatic carbocycles. The summed E-state index contributed by atoms with van der Waals surface area (Å²) in [6.07, 6.45) is 1.66. The average Bonchev–Trinajstić information content (AvgIpc) is 2.15. The van der Waals surface area contributed by atoms with Gasteiger partial charge in [-0.2, -0.15) is 0 Å². The van der Waals surface area contributed by atoms with E-state index >= 15 is 0 Å². The van der Waals surface area contributed by atoms with E-state index in [0.29, 0.717) is 6.61 Å². The summed E-state index contributed by atoms with van der Waals surface area (Å²) in [6.45, 7) is 0.506. The van der Waals surface area contributed by atoms with Crippen LogP contribution in [0.5, 0.6) is 0 Å². The molecule has 1 aromatic heterocycles. The molecule has 0 bridgehead atoms. The van der Waals surface area contributed by atoms with Gasteiger partial charge in [0.2, 0.25) is 0 Å². The van der Waals surface area contributed by atoms with Gasteiger partial charge < -0.3 is 15.6 Å². The molecule has 66 valence electrons. The van der Waals surface area contributed by atoms with Crippen LogP contribution in [0, 0.1) is 0 Å². The first-order chi connectivity index (χ1) is 5.88. The summed E-state index contributed by atoms with van der Waals surface area (Å²) in [5.41, 5.74) is 6.68. The second-order valence-corrected chi connectivity index (χ2v) is 2.28. The summed E-state index contributed by atoms with van der Waals surface area (Å²) in [7, 11) is 0. The molecule has 4 heteroatoms. The lowest BCUT2D eigenvalue weighted by Gasteiger charge is -2.04. The van der Waals surface area contributed by atoms with Crippen molar-refractivity contribution in [3.63, 3.8) is 0 Å². The van der Waals surface area contributed by atoms with Gasteiger partial charge in [-0.15, -0.1) is 0 Å². The average molecular weight is 168 g/mol. The molecule has 0 fully saturated rings. The molecular formula is C8H12N2O2. The van der Waals surface area contributed by atoms with Crippen LogP contribution in [0.4, 0.5) is 0 Å². The van der Waals surface area contributed by atoms with E-state index < -0.39 is 0 Å². The van der Waals surface area contributed by atoms with E-state index in [4.69, 9.17) is 15.6 Å². The first-order valence-corrected chi connectivity index (χ1v) is 3.70. The van der Waals surface area contributed by atoms with Gasteiger partial charge in [0.25, 0.3) is 0 Å². The lowest BCUT2D eigenvalue weighted by atomic mass is 10.2. The van der Waals surface area contributed by atoms with Crippen molar-refractivity contribution >= 4 is 0 Å². The molecule has 0 unspecified atom stereocenters. The molecule has 0 spiro atoms. The Morgan fingerprint density at radius 3 is 3.08 bits per heavy atom. The van der Waals surface area contributed by atoms with Crippen LogP contribution >= 0.6 is 0 Å². The first kappa shape index (κ1) is 9.12. The Bertz CT molecular complexity index is 240. The topological polar surface area (TPSA) is 68.4 Å². The van der Waals surface area contributed by atoms with Crippen LogP contribution in [0.2, 0.25) is 0 Å². The van der Waals surface area contributed by atoms with Crippen molar-refractivity contribution in [2.75, 3.05) is 6.73 Å². The predicted molar refractivity (Wildman–Crippen MR) is 44.0 cm³/mol. The number of nitrogens with zero attached hydrogens (tertiary/aromatic N) is 1. The molecule has 0 saturated carbocycles. The number of nitrogens with two attached hydrogens (primary N) is 1. The van der Waals surface area contributed by atoms with Crippen LogP contribution in [0.3, 0.4) is 0 Å². The fraction of sp³-hybridized carbons (Fsp3) is 0.375. The van der Waals surface area contributed by atoms with Crippen LogP contribution in [0.1, 0.15) is 11.3 Å². The molecule has 1 aromatic rings. The molecule has 0 aliphatic rings. The minimum absolute atomic E-state index is 0.0168. The van der Waals surface area contributed by atoms with Crippen molar-refractivity contribution in [1.29, 1.82) is 0 Å². The largest absolute Gasteiger partial charge is 0.392 e. The van der Waals surface area contributed by atoms with Gasteiger partial charge in [-0.1, -0.05) is 6.07 Å². The number of ether oxygens (including phenoxy) is 1. The maximum atomic E-state index is 8.89. The lowest BCUT2D eigenvalue weighted by Crippen LogP contribution is -2.07. The van der Waals surface area contributed by atoms with Gasteiger partial charge in [-0.25, -0.2) is 0 Å². The van der Waals surface area contributed by atoms with Crippen LogP contribution in [0.15, 0.2) is 18.3 Å². The molecule has 0 aliphatic carbocycles. The van der Waals surface area contributed by atoms with E-state index in [0.717, 1.165) is 11.3 Å². The second kappa shape index (κ2) is 4.82. The molecule has 1 rings (SSSR count). The number of hydrogen-bond acceptors (Lipinski definition) is 4. The minimum Gasteiger partial charge on any atom is -0.392 e. The van der Waals surface area contributed by atoms with E-state index in [1.54, 1.807) is 12.3 Å². The number of aliphatic hydroxyl groups excluding tert-OH is 1. The molecule has 12 heavy (non-hydrogen) atoms. The van der Waals surface area contributed by atoms with E-state index in [-0.39, 0.29) is 13.3 Å². The normalized spacial score (nSPS) is 10.2. The van der Waals surface area contributed by atoms with Crippen molar-refractivity contribution in [2.45, 2.75) is 13.2 Å². The quantitative estimate of drug-likeness (QED) is 0.621. The summed E-state index contributed by atoms with van der Waals surface area (Å²) in [5.74, 6) is 0. The van der Waals surface area contributed by atoms with Gasteiger partial charge in [0.1, 0.15) is 0 Å². The predicted octanol–water partition coefficient (Wildman–Crippen LogP) is 0.00670. The second-order valence-electron chi connectivity index (χ2n) is 2.28. The highest BCUT2D eigenvalue weighted by Crippen LogP contribution is 2.05. The summed E-state index contributed by atoms with van der Waals surface area (Å²) in [5, 5.41) is 8.89.